The Morgan fingerprint density at radius 3 is 2.12 bits per heavy atom. The number of aromatic nitrogens is 2. The second-order valence-electron chi connectivity index (χ2n) is 5.92. The first-order valence-corrected chi connectivity index (χ1v) is 8.60. The molecule has 26 heavy (non-hydrogen) atoms. The van der Waals surface area contributed by atoms with E-state index in [0.717, 1.165) is 6.54 Å². The molecule has 0 fully saturated rings. The maximum Gasteiger partial charge on any atom is 0.246 e. The van der Waals surface area contributed by atoms with Gasteiger partial charge in [-0.3, -0.25) is 4.99 Å². The number of aryl methyl sites for hydroxylation is 1. The van der Waals surface area contributed by atoms with Gasteiger partial charge >= 0.3 is 0 Å². The quantitative estimate of drug-likeness (QED) is 0.529. The zero-order chi connectivity index (χ0) is 18.2. The molecule has 6 nitrogen and oxygen atoms in total. The van der Waals surface area contributed by atoms with Crippen LogP contribution in [0.25, 0.3) is 0 Å². The summed E-state index contributed by atoms with van der Waals surface area (Å²) in [4.78, 5) is 8.46. The minimum absolute atomic E-state index is 0.224. The van der Waals surface area contributed by atoms with E-state index in [1.165, 1.54) is 11.1 Å². The first-order chi connectivity index (χ1) is 12.8. The highest BCUT2D eigenvalue weighted by Crippen LogP contribution is 2.23. The highest BCUT2D eigenvalue weighted by atomic mass is 16.5. The van der Waals surface area contributed by atoms with Gasteiger partial charge in [0.05, 0.1) is 6.54 Å². The van der Waals surface area contributed by atoms with Crippen molar-refractivity contribution in [3.8, 4) is 0 Å². The maximum atomic E-state index is 5.12. The van der Waals surface area contributed by atoms with Crippen LogP contribution in [0.5, 0.6) is 0 Å². The van der Waals surface area contributed by atoms with Crippen LogP contribution in [0, 0.1) is 6.92 Å². The summed E-state index contributed by atoms with van der Waals surface area (Å²) in [5.74, 6) is 2.07. The molecular formula is C20H23N5O. The van der Waals surface area contributed by atoms with E-state index in [1.807, 2.05) is 12.1 Å². The topological polar surface area (TPSA) is 75.3 Å². The predicted octanol–water partition coefficient (Wildman–Crippen LogP) is 2.88. The Balaban J connectivity index is 1.66. The molecule has 0 aliphatic heterocycles. The van der Waals surface area contributed by atoms with Gasteiger partial charge in [0.1, 0.15) is 0 Å². The van der Waals surface area contributed by atoms with Crippen molar-refractivity contribution in [1.29, 1.82) is 0 Å². The van der Waals surface area contributed by atoms with Gasteiger partial charge in [-0.1, -0.05) is 65.8 Å². The van der Waals surface area contributed by atoms with Crippen LogP contribution in [0.4, 0.5) is 0 Å². The molecular weight excluding hydrogens is 326 g/mol. The number of hydrogen-bond donors (Lipinski definition) is 2. The zero-order valence-corrected chi connectivity index (χ0v) is 15.0. The molecule has 2 N–H and O–H groups in total. The van der Waals surface area contributed by atoms with E-state index in [1.54, 1.807) is 14.0 Å². The number of benzene rings is 2. The number of nitrogens with zero attached hydrogens (tertiary/aromatic N) is 3. The molecule has 0 amide bonds. The molecule has 0 bridgehead atoms. The summed E-state index contributed by atoms with van der Waals surface area (Å²) in [7, 11) is 1.74. The molecule has 3 aromatic rings. The number of nitrogens with one attached hydrogen (secondary N) is 2. The number of hydrogen-bond acceptors (Lipinski definition) is 4. The van der Waals surface area contributed by atoms with Crippen LogP contribution in [0.3, 0.4) is 0 Å². The second kappa shape index (κ2) is 8.80. The molecule has 0 saturated heterocycles. The van der Waals surface area contributed by atoms with E-state index in [2.05, 4.69) is 74.3 Å². The van der Waals surface area contributed by atoms with E-state index in [9.17, 15) is 0 Å². The van der Waals surface area contributed by atoms with Gasteiger partial charge in [0.2, 0.25) is 5.89 Å². The molecule has 6 heteroatoms. The summed E-state index contributed by atoms with van der Waals surface area (Å²) in [6.45, 7) is 2.95. The third-order valence-corrected chi connectivity index (χ3v) is 4.08. The lowest BCUT2D eigenvalue weighted by atomic mass is 9.91. The maximum absolute atomic E-state index is 5.12. The Labute approximate surface area is 153 Å². The summed E-state index contributed by atoms with van der Waals surface area (Å²) in [5.41, 5.74) is 2.52. The smallest absolute Gasteiger partial charge is 0.246 e. The molecule has 1 heterocycles. The van der Waals surface area contributed by atoms with Gasteiger partial charge in [-0.15, -0.1) is 0 Å². The molecule has 134 valence electrons. The van der Waals surface area contributed by atoms with Crippen molar-refractivity contribution in [2.45, 2.75) is 19.4 Å². The molecule has 0 radical (unpaired) electrons. The Hall–Kier alpha value is -3.15. The van der Waals surface area contributed by atoms with E-state index < -0.39 is 0 Å². The number of guanidine groups is 1. The van der Waals surface area contributed by atoms with Crippen molar-refractivity contribution in [2.75, 3.05) is 13.6 Å². The third kappa shape index (κ3) is 4.69. The number of aliphatic imine (C=N–C) groups is 1. The van der Waals surface area contributed by atoms with Crippen LogP contribution in [0.2, 0.25) is 0 Å². The molecule has 0 aliphatic rings. The molecule has 0 aliphatic carbocycles. The van der Waals surface area contributed by atoms with Gasteiger partial charge < -0.3 is 15.2 Å². The molecule has 0 saturated carbocycles. The molecule has 3 rings (SSSR count). The normalized spacial score (nSPS) is 11.6. The predicted molar refractivity (Wildman–Crippen MR) is 102 cm³/mol. The second-order valence-corrected chi connectivity index (χ2v) is 5.92. The highest BCUT2D eigenvalue weighted by Gasteiger charge is 2.14. The van der Waals surface area contributed by atoms with Crippen molar-refractivity contribution in [3.63, 3.8) is 0 Å². The summed E-state index contributed by atoms with van der Waals surface area (Å²) in [5, 5.41) is 10.4. The van der Waals surface area contributed by atoms with Crippen LogP contribution in [0.1, 0.15) is 28.8 Å². The lowest BCUT2D eigenvalue weighted by Crippen LogP contribution is -2.39. The molecule has 0 atom stereocenters. The largest absolute Gasteiger partial charge is 0.355 e. The van der Waals surface area contributed by atoms with Crippen molar-refractivity contribution in [1.82, 2.24) is 20.8 Å². The van der Waals surface area contributed by atoms with Crippen molar-refractivity contribution >= 4 is 5.96 Å². The number of rotatable bonds is 6. The van der Waals surface area contributed by atoms with Crippen molar-refractivity contribution < 1.29 is 4.52 Å². The first kappa shape index (κ1) is 17.7. The lowest BCUT2D eigenvalue weighted by Gasteiger charge is -2.20. The Bertz CT molecular complexity index is 790. The van der Waals surface area contributed by atoms with Crippen LogP contribution in [-0.2, 0) is 6.54 Å². The monoisotopic (exact) mass is 349 g/mol. The molecule has 2 aromatic carbocycles. The highest BCUT2D eigenvalue weighted by molar-refractivity contribution is 5.79. The molecule has 0 unspecified atom stereocenters. The SMILES string of the molecule is CN=C(NCc1nc(C)no1)NCC(c1ccccc1)c1ccccc1. The summed E-state index contributed by atoms with van der Waals surface area (Å²) >= 11 is 0. The van der Waals surface area contributed by atoms with Crippen molar-refractivity contribution in [2.24, 2.45) is 4.99 Å². The minimum Gasteiger partial charge on any atom is -0.355 e. The fraction of sp³-hybridized carbons (Fsp3) is 0.250. The average Bonchev–Trinajstić information content (AvgIpc) is 3.11. The van der Waals surface area contributed by atoms with Gasteiger partial charge in [-0.05, 0) is 18.1 Å². The van der Waals surface area contributed by atoms with E-state index in [-0.39, 0.29) is 5.92 Å². The zero-order valence-electron chi connectivity index (χ0n) is 15.0. The standard InChI is InChI=1S/C20H23N5O/c1-15-24-19(26-25-15)14-23-20(21-2)22-13-18(16-9-5-3-6-10-16)17-11-7-4-8-12-17/h3-12,18H,13-14H2,1-2H3,(H2,21,22,23). The fourth-order valence-electron chi connectivity index (χ4n) is 2.79. The third-order valence-electron chi connectivity index (χ3n) is 4.08. The van der Waals surface area contributed by atoms with Crippen LogP contribution >= 0.6 is 0 Å². The van der Waals surface area contributed by atoms with Gasteiger partial charge in [0, 0.05) is 19.5 Å². The van der Waals surface area contributed by atoms with Gasteiger partial charge in [0.15, 0.2) is 11.8 Å². The summed E-state index contributed by atoms with van der Waals surface area (Å²) < 4.78 is 5.12. The van der Waals surface area contributed by atoms with Gasteiger partial charge in [0.25, 0.3) is 0 Å². The van der Waals surface area contributed by atoms with E-state index in [4.69, 9.17) is 4.52 Å². The molecule has 0 spiro atoms. The Kier molecular flexibility index (Phi) is 5.98. The van der Waals surface area contributed by atoms with Crippen molar-refractivity contribution in [3.05, 3.63) is 83.5 Å². The van der Waals surface area contributed by atoms with E-state index in [0.29, 0.717) is 24.2 Å². The fourth-order valence-corrected chi connectivity index (χ4v) is 2.79. The van der Waals surface area contributed by atoms with Gasteiger partial charge in [-0.25, -0.2) is 0 Å². The van der Waals surface area contributed by atoms with Crippen LogP contribution in [0.15, 0.2) is 70.2 Å². The average molecular weight is 349 g/mol. The Morgan fingerprint density at radius 1 is 1.00 bits per heavy atom. The molecule has 1 aromatic heterocycles. The Morgan fingerprint density at radius 2 is 1.62 bits per heavy atom. The minimum atomic E-state index is 0.224. The first-order valence-electron chi connectivity index (χ1n) is 8.60. The van der Waals surface area contributed by atoms with Gasteiger partial charge in [-0.2, -0.15) is 4.98 Å². The lowest BCUT2D eigenvalue weighted by molar-refractivity contribution is 0.371. The van der Waals surface area contributed by atoms with Crippen LogP contribution in [-0.4, -0.2) is 29.7 Å². The summed E-state index contributed by atoms with van der Waals surface area (Å²) in [6, 6.07) is 20.9. The summed E-state index contributed by atoms with van der Waals surface area (Å²) in [6.07, 6.45) is 0. The van der Waals surface area contributed by atoms with E-state index >= 15 is 0 Å². The van der Waals surface area contributed by atoms with Crippen LogP contribution < -0.4 is 10.6 Å².